The third-order valence-corrected chi connectivity index (χ3v) is 6.86. The van der Waals surface area contributed by atoms with E-state index in [0.29, 0.717) is 23.2 Å². The second-order valence-corrected chi connectivity index (χ2v) is 9.49. The van der Waals surface area contributed by atoms with Crippen molar-refractivity contribution in [1.82, 2.24) is 14.8 Å². The summed E-state index contributed by atoms with van der Waals surface area (Å²) in [6.45, 7) is 4.21. The lowest BCUT2D eigenvalue weighted by atomic mass is 10.2. The van der Waals surface area contributed by atoms with Crippen molar-refractivity contribution in [3.05, 3.63) is 65.7 Å². The third kappa shape index (κ3) is 5.45. The van der Waals surface area contributed by atoms with Crippen LogP contribution in [0.3, 0.4) is 0 Å². The quantitative estimate of drug-likeness (QED) is 0.531. The first-order valence-electron chi connectivity index (χ1n) is 9.18. The van der Waals surface area contributed by atoms with Gasteiger partial charge in [0, 0.05) is 12.2 Å². The summed E-state index contributed by atoms with van der Waals surface area (Å²) in [6.07, 6.45) is 0. The number of carbonyl (C=O) groups excluding carboxylic acids is 1. The van der Waals surface area contributed by atoms with Gasteiger partial charge in [-0.25, -0.2) is 12.8 Å². The molecule has 0 saturated carbocycles. The maximum atomic E-state index is 12.9. The van der Waals surface area contributed by atoms with Crippen LogP contribution >= 0.6 is 11.8 Å². The van der Waals surface area contributed by atoms with Gasteiger partial charge in [-0.3, -0.25) is 4.79 Å². The number of benzene rings is 2. The van der Waals surface area contributed by atoms with Gasteiger partial charge < -0.3 is 9.88 Å². The Balaban J connectivity index is 1.67. The fourth-order valence-electron chi connectivity index (χ4n) is 2.71. The number of carbonyl (C=O) groups is 1. The Morgan fingerprint density at radius 3 is 2.40 bits per heavy atom. The zero-order valence-electron chi connectivity index (χ0n) is 16.5. The maximum Gasteiger partial charge on any atom is 0.234 e. The summed E-state index contributed by atoms with van der Waals surface area (Å²) in [5.41, 5.74) is 1.46. The molecule has 2 aromatic carbocycles. The highest BCUT2D eigenvalue weighted by Gasteiger charge is 2.21. The number of rotatable bonds is 8. The normalized spacial score (nSPS) is 11.4. The van der Waals surface area contributed by atoms with Crippen molar-refractivity contribution in [2.45, 2.75) is 36.2 Å². The average molecular weight is 449 g/mol. The zero-order valence-corrected chi connectivity index (χ0v) is 18.1. The van der Waals surface area contributed by atoms with Gasteiger partial charge in [-0.15, -0.1) is 10.2 Å². The Hall–Kier alpha value is -2.72. The number of hydrogen-bond donors (Lipinski definition) is 1. The summed E-state index contributed by atoms with van der Waals surface area (Å²) >= 11 is 1.16. The first-order chi connectivity index (χ1) is 14.3. The first-order valence-corrected chi connectivity index (χ1v) is 11.8. The third-order valence-electron chi connectivity index (χ3n) is 4.27. The van der Waals surface area contributed by atoms with Crippen molar-refractivity contribution in [3.63, 3.8) is 0 Å². The number of sulfone groups is 1. The fourth-order valence-corrected chi connectivity index (χ4v) is 4.80. The van der Waals surface area contributed by atoms with Crippen LogP contribution in [0.15, 0.2) is 58.6 Å². The number of aromatic nitrogens is 3. The lowest BCUT2D eigenvalue weighted by Gasteiger charge is -2.09. The second-order valence-electron chi connectivity index (χ2n) is 6.56. The minimum Gasteiger partial charge on any atom is -0.325 e. The molecular formula is C20H21FN4O3S2. The minimum atomic E-state index is -3.57. The van der Waals surface area contributed by atoms with Gasteiger partial charge in [-0.05, 0) is 50.2 Å². The van der Waals surface area contributed by atoms with Crippen LogP contribution in [0.4, 0.5) is 10.1 Å². The number of amides is 1. The summed E-state index contributed by atoms with van der Waals surface area (Å²) in [7, 11) is -3.57. The SMILES string of the molecule is CCn1c(CS(=O)(=O)c2ccc(C)cc2)nnc1SCC(=O)Nc1ccc(F)cc1. The molecule has 1 aromatic heterocycles. The van der Waals surface area contributed by atoms with Crippen molar-refractivity contribution < 1.29 is 17.6 Å². The first kappa shape index (κ1) is 22.0. The molecule has 0 atom stereocenters. The molecule has 10 heteroatoms. The van der Waals surface area contributed by atoms with Crippen LogP contribution < -0.4 is 5.32 Å². The molecule has 0 unspecified atom stereocenters. The van der Waals surface area contributed by atoms with E-state index in [1.54, 1.807) is 28.8 Å². The highest BCUT2D eigenvalue weighted by Crippen LogP contribution is 2.21. The molecule has 3 aromatic rings. The van der Waals surface area contributed by atoms with E-state index < -0.39 is 9.84 Å². The maximum absolute atomic E-state index is 12.9. The summed E-state index contributed by atoms with van der Waals surface area (Å²) in [5, 5.41) is 11.2. The highest BCUT2D eigenvalue weighted by atomic mass is 32.2. The molecule has 0 aliphatic carbocycles. The topological polar surface area (TPSA) is 93.9 Å². The van der Waals surface area contributed by atoms with Gasteiger partial charge in [0.25, 0.3) is 0 Å². The predicted octanol–water partition coefficient (Wildman–Crippen LogP) is 3.45. The lowest BCUT2D eigenvalue weighted by Crippen LogP contribution is -2.15. The number of aryl methyl sites for hydroxylation is 1. The van der Waals surface area contributed by atoms with Gasteiger partial charge in [0.1, 0.15) is 17.4 Å². The molecule has 0 fully saturated rings. The standard InChI is InChI=1S/C20H21FN4O3S2/c1-3-25-18(13-30(27,28)17-10-4-14(2)5-11-17)23-24-20(25)29-12-19(26)22-16-8-6-15(21)7-9-16/h4-11H,3,12-13H2,1-2H3,(H,22,26). The Morgan fingerprint density at radius 1 is 1.10 bits per heavy atom. The summed E-state index contributed by atoms with van der Waals surface area (Å²) in [4.78, 5) is 12.4. The van der Waals surface area contributed by atoms with Crippen LogP contribution in [0, 0.1) is 12.7 Å². The molecule has 1 heterocycles. The molecule has 3 rings (SSSR count). The van der Waals surface area contributed by atoms with Gasteiger partial charge in [0.2, 0.25) is 5.91 Å². The van der Waals surface area contributed by atoms with Gasteiger partial charge in [0.05, 0.1) is 10.6 Å². The van der Waals surface area contributed by atoms with E-state index in [4.69, 9.17) is 0 Å². The molecule has 7 nitrogen and oxygen atoms in total. The van der Waals surface area contributed by atoms with E-state index in [9.17, 15) is 17.6 Å². The van der Waals surface area contributed by atoms with Crippen molar-refractivity contribution in [1.29, 1.82) is 0 Å². The van der Waals surface area contributed by atoms with Crippen molar-refractivity contribution in [2.75, 3.05) is 11.1 Å². The van der Waals surface area contributed by atoms with E-state index >= 15 is 0 Å². The summed E-state index contributed by atoms with van der Waals surface area (Å²) in [6, 6.07) is 12.1. The van der Waals surface area contributed by atoms with Crippen LogP contribution in [0.5, 0.6) is 0 Å². The average Bonchev–Trinajstić information content (AvgIpc) is 3.09. The number of nitrogens with zero attached hydrogens (tertiary/aromatic N) is 3. The highest BCUT2D eigenvalue weighted by molar-refractivity contribution is 7.99. The van der Waals surface area contributed by atoms with Crippen LogP contribution in [-0.4, -0.2) is 34.8 Å². The Kier molecular flexibility index (Phi) is 6.88. The molecule has 30 heavy (non-hydrogen) atoms. The van der Waals surface area contributed by atoms with E-state index in [1.165, 1.54) is 24.3 Å². The summed E-state index contributed by atoms with van der Waals surface area (Å²) in [5.74, 6) is -0.573. The van der Waals surface area contributed by atoms with Crippen molar-refractivity contribution in [3.8, 4) is 0 Å². The van der Waals surface area contributed by atoms with Crippen LogP contribution in [0.2, 0.25) is 0 Å². The number of halogens is 1. The van der Waals surface area contributed by atoms with Crippen LogP contribution in [0.25, 0.3) is 0 Å². The predicted molar refractivity (Wildman–Crippen MR) is 114 cm³/mol. The molecule has 0 bridgehead atoms. The monoisotopic (exact) mass is 448 g/mol. The number of thioether (sulfide) groups is 1. The summed E-state index contributed by atoms with van der Waals surface area (Å²) < 4.78 is 40.0. The number of nitrogens with one attached hydrogen (secondary N) is 1. The number of anilines is 1. The second kappa shape index (κ2) is 9.40. The molecule has 0 spiro atoms. The molecule has 0 radical (unpaired) electrons. The minimum absolute atomic E-state index is 0.0558. The van der Waals surface area contributed by atoms with E-state index in [0.717, 1.165) is 17.3 Å². The van der Waals surface area contributed by atoms with Crippen LogP contribution in [0.1, 0.15) is 18.3 Å². The molecular weight excluding hydrogens is 427 g/mol. The van der Waals surface area contributed by atoms with Crippen LogP contribution in [-0.2, 0) is 26.9 Å². The lowest BCUT2D eigenvalue weighted by molar-refractivity contribution is -0.113. The van der Waals surface area contributed by atoms with Crippen molar-refractivity contribution >= 4 is 33.2 Å². The Labute approximate surface area is 178 Å². The van der Waals surface area contributed by atoms with Gasteiger partial charge in [-0.2, -0.15) is 0 Å². The van der Waals surface area contributed by atoms with Gasteiger partial charge >= 0.3 is 0 Å². The number of hydrogen-bond acceptors (Lipinski definition) is 6. The van der Waals surface area contributed by atoms with E-state index in [-0.39, 0.29) is 28.1 Å². The molecule has 1 N–H and O–H groups in total. The van der Waals surface area contributed by atoms with E-state index in [1.807, 2.05) is 13.8 Å². The fraction of sp³-hybridized carbons (Fsp3) is 0.250. The molecule has 0 saturated heterocycles. The Bertz CT molecular complexity index is 1130. The van der Waals surface area contributed by atoms with Gasteiger partial charge in [0.15, 0.2) is 15.0 Å². The van der Waals surface area contributed by atoms with E-state index in [2.05, 4.69) is 15.5 Å². The van der Waals surface area contributed by atoms with Gasteiger partial charge in [-0.1, -0.05) is 29.5 Å². The molecule has 158 valence electrons. The Morgan fingerprint density at radius 2 is 1.77 bits per heavy atom. The molecule has 1 amide bonds. The molecule has 0 aliphatic heterocycles. The largest absolute Gasteiger partial charge is 0.325 e. The van der Waals surface area contributed by atoms with Crippen molar-refractivity contribution in [2.24, 2.45) is 0 Å². The zero-order chi connectivity index (χ0) is 21.7. The smallest absolute Gasteiger partial charge is 0.234 e. The molecule has 0 aliphatic rings.